The average molecular weight is 330 g/mol. The first-order valence-corrected chi connectivity index (χ1v) is 8.44. The Morgan fingerprint density at radius 3 is 2.62 bits per heavy atom. The summed E-state index contributed by atoms with van der Waals surface area (Å²) in [6, 6.07) is 7.73. The lowest BCUT2D eigenvalue weighted by molar-refractivity contribution is -0.145. The van der Waals surface area contributed by atoms with Gasteiger partial charge < -0.3 is 15.3 Å². The molecule has 6 nitrogen and oxygen atoms in total. The van der Waals surface area contributed by atoms with Crippen molar-refractivity contribution < 1.29 is 19.5 Å². The molecule has 2 aliphatic rings. The third-order valence-electron chi connectivity index (χ3n) is 5.02. The number of hydrogen-bond acceptors (Lipinski definition) is 3. The topological polar surface area (TPSA) is 86.7 Å². The summed E-state index contributed by atoms with van der Waals surface area (Å²) in [7, 11) is 0. The van der Waals surface area contributed by atoms with Gasteiger partial charge in [-0.3, -0.25) is 14.4 Å². The fraction of sp³-hybridized carbons (Fsp3) is 0.500. The smallest absolute Gasteiger partial charge is 0.306 e. The van der Waals surface area contributed by atoms with Crippen molar-refractivity contribution in [2.45, 2.75) is 32.1 Å². The minimum Gasteiger partial charge on any atom is -0.481 e. The predicted molar refractivity (Wildman–Crippen MR) is 88.4 cm³/mol. The maximum atomic E-state index is 12.3. The Morgan fingerprint density at radius 2 is 1.92 bits per heavy atom. The van der Waals surface area contributed by atoms with E-state index in [0.29, 0.717) is 45.2 Å². The number of carbonyl (C=O) groups is 3. The number of rotatable bonds is 4. The molecule has 1 atom stereocenters. The van der Waals surface area contributed by atoms with Crippen molar-refractivity contribution in [1.82, 2.24) is 4.90 Å². The maximum absolute atomic E-state index is 12.3. The number of nitrogens with one attached hydrogen (secondary N) is 1. The van der Waals surface area contributed by atoms with Gasteiger partial charge in [-0.15, -0.1) is 0 Å². The summed E-state index contributed by atoms with van der Waals surface area (Å²) >= 11 is 0. The summed E-state index contributed by atoms with van der Waals surface area (Å²) in [5.74, 6) is -1.30. The van der Waals surface area contributed by atoms with Crippen LogP contribution in [-0.4, -0.2) is 40.9 Å². The van der Waals surface area contributed by atoms with Crippen molar-refractivity contribution in [1.29, 1.82) is 0 Å². The van der Waals surface area contributed by atoms with Crippen molar-refractivity contribution in [3.05, 3.63) is 29.8 Å². The van der Waals surface area contributed by atoms with Gasteiger partial charge in [0, 0.05) is 31.1 Å². The minimum absolute atomic E-state index is 0.0190. The van der Waals surface area contributed by atoms with Gasteiger partial charge in [0.05, 0.1) is 5.92 Å². The van der Waals surface area contributed by atoms with Crippen LogP contribution in [0.5, 0.6) is 0 Å². The van der Waals surface area contributed by atoms with Crippen LogP contribution in [-0.2, 0) is 20.8 Å². The molecule has 1 fully saturated rings. The summed E-state index contributed by atoms with van der Waals surface area (Å²) in [6.07, 6.45) is 2.54. The normalized spacial score (nSPS) is 21.1. The van der Waals surface area contributed by atoms with Crippen molar-refractivity contribution in [2.75, 3.05) is 18.4 Å². The lowest BCUT2D eigenvalue weighted by atomic mass is 9.89. The van der Waals surface area contributed by atoms with E-state index in [2.05, 4.69) is 5.32 Å². The lowest BCUT2D eigenvalue weighted by Gasteiger charge is -2.31. The number of carboxylic acid groups (broad SMARTS) is 1. The van der Waals surface area contributed by atoms with Crippen LogP contribution >= 0.6 is 0 Å². The minimum atomic E-state index is -0.778. The van der Waals surface area contributed by atoms with Gasteiger partial charge in [0.1, 0.15) is 0 Å². The number of likely N-dealkylation sites (tertiary alicyclic amines) is 1. The Labute approximate surface area is 140 Å². The van der Waals surface area contributed by atoms with Crippen molar-refractivity contribution >= 4 is 23.5 Å². The molecule has 0 radical (unpaired) electrons. The number of carbonyl (C=O) groups excluding carboxylic acids is 2. The molecule has 1 aromatic carbocycles. The van der Waals surface area contributed by atoms with E-state index >= 15 is 0 Å². The van der Waals surface area contributed by atoms with Crippen LogP contribution in [0.2, 0.25) is 0 Å². The highest BCUT2D eigenvalue weighted by atomic mass is 16.4. The molecular formula is C18H22N2O4. The second kappa shape index (κ2) is 7.03. The van der Waals surface area contributed by atoms with Crippen molar-refractivity contribution in [2.24, 2.45) is 11.8 Å². The second-order valence-corrected chi connectivity index (χ2v) is 6.58. The van der Waals surface area contributed by atoms with Crippen molar-refractivity contribution in [3.8, 4) is 0 Å². The van der Waals surface area contributed by atoms with Gasteiger partial charge in [-0.2, -0.15) is 0 Å². The van der Waals surface area contributed by atoms with Crippen LogP contribution in [0.4, 0.5) is 5.69 Å². The highest BCUT2D eigenvalue weighted by Crippen LogP contribution is 2.28. The second-order valence-electron chi connectivity index (χ2n) is 6.58. The number of para-hydroxylation sites is 1. The molecule has 6 heteroatoms. The number of aliphatic carboxylic acids is 1. The zero-order valence-corrected chi connectivity index (χ0v) is 13.5. The molecule has 2 aliphatic heterocycles. The van der Waals surface area contributed by atoms with E-state index in [1.807, 2.05) is 24.3 Å². The summed E-state index contributed by atoms with van der Waals surface area (Å²) < 4.78 is 0. The number of nitrogens with zero attached hydrogens (tertiary/aromatic N) is 1. The zero-order chi connectivity index (χ0) is 17.1. The fourth-order valence-corrected chi connectivity index (χ4v) is 3.48. The molecule has 0 saturated carbocycles. The quantitative estimate of drug-likeness (QED) is 0.883. The van der Waals surface area contributed by atoms with Crippen LogP contribution in [0.25, 0.3) is 0 Å². The number of carboxylic acids is 1. The molecule has 2 heterocycles. The summed E-state index contributed by atoms with van der Waals surface area (Å²) in [5.41, 5.74) is 1.97. The molecule has 24 heavy (non-hydrogen) atoms. The van der Waals surface area contributed by atoms with E-state index in [1.165, 1.54) is 0 Å². The van der Waals surface area contributed by atoms with Gasteiger partial charge in [0.2, 0.25) is 11.8 Å². The van der Waals surface area contributed by atoms with Crippen LogP contribution in [0.3, 0.4) is 0 Å². The van der Waals surface area contributed by atoms with Gasteiger partial charge in [-0.1, -0.05) is 18.2 Å². The highest BCUT2D eigenvalue weighted by Gasteiger charge is 2.29. The van der Waals surface area contributed by atoms with E-state index in [4.69, 9.17) is 5.11 Å². The predicted octanol–water partition coefficient (Wildman–Crippen LogP) is 1.90. The molecule has 1 aromatic rings. The van der Waals surface area contributed by atoms with E-state index < -0.39 is 5.97 Å². The number of fused-ring (bicyclic) bond motifs is 1. The first kappa shape index (κ1) is 16.5. The molecule has 0 unspecified atom stereocenters. The first-order valence-electron chi connectivity index (χ1n) is 8.44. The average Bonchev–Trinajstić information content (AvgIpc) is 2.59. The molecular weight excluding hydrogens is 308 g/mol. The molecule has 0 aromatic heterocycles. The van der Waals surface area contributed by atoms with E-state index in [-0.39, 0.29) is 23.7 Å². The Bertz CT molecular complexity index is 650. The molecule has 0 bridgehead atoms. The Kier molecular flexibility index (Phi) is 4.83. The van der Waals surface area contributed by atoms with Crippen LogP contribution in [0, 0.1) is 11.8 Å². The summed E-state index contributed by atoms with van der Waals surface area (Å²) in [4.78, 5) is 37.2. The Morgan fingerprint density at radius 1 is 1.21 bits per heavy atom. The Hall–Kier alpha value is -2.37. The van der Waals surface area contributed by atoms with E-state index in [0.717, 1.165) is 11.3 Å². The summed E-state index contributed by atoms with van der Waals surface area (Å²) in [5, 5.41) is 11.9. The maximum Gasteiger partial charge on any atom is 0.306 e. The molecule has 3 rings (SSSR count). The standard InChI is InChI=1S/C18H22N2O4/c21-16(20-9-7-12(8-10-20)18(23)24)6-5-14-11-13-3-1-2-4-15(13)19-17(14)22/h1-4,12,14H,5-11H2,(H,19,22)(H,23,24)/t14-/m0/s1. The highest BCUT2D eigenvalue weighted by molar-refractivity contribution is 5.96. The molecule has 2 N–H and O–H groups in total. The third kappa shape index (κ3) is 3.58. The number of anilines is 1. The number of benzene rings is 1. The van der Waals surface area contributed by atoms with Crippen LogP contribution in [0.15, 0.2) is 24.3 Å². The van der Waals surface area contributed by atoms with E-state index in [9.17, 15) is 14.4 Å². The van der Waals surface area contributed by atoms with Gasteiger partial charge >= 0.3 is 5.97 Å². The number of hydrogen-bond donors (Lipinski definition) is 2. The summed E-state index contributed by atoms with van der Waals surface area (Å²) in [6.45, 7) is 0.991. The molecule has 0 spiro atoms. The monoisotopic (exact) mass is 330 g/mol. The SMILES string of the molecule is O=C(O)C1CCN(C(=O)CC[C@H]2Cc3ccccc3NC2=O)CC1. The molecule has 128 valence electrons. The Balaban J connectivity index is 1.50. The van der Waals surface area contributed by atoms with Gasteiger partial charge in [-0.05, 0) is 37.3 Å². The lowest BCUT2D eigenvalue weighted by Crippen LogP contribution is -2.40. The number of amides is 2. The van der Waals surface area contributed by atoms with Crippen molar-refractivity contribution in [3.63, 3.8) is 0 Å². The van der Waals surface area contributed by atoms with Crippen LogP contribution < -0.4 is 5.32 Å². The van der Waals surface area contributed by atoms with Gasteiger partial charge in [0.15, 0.2) is 0 Å². The van der Waals surface area contributed by atoms with Gasteiger partial charge in [-0.25, -0.2) is 0 Å². The first-order chi connectivity index (χ1) is 11.5. The van der Waals surface area contributed by atoms with E-state index in [1.54, 1.807) is 4.90 Å². The zero-order valence-electron chi connectivity index (χ0n) is 13.5. The largest absolute Gasteiger partial charge is 0.481 e. The van der Waals surface area contributed by atoms with Gasteiger partial charge in [0.25, 0.3) is 0 Å². The molecule has 0 aliphatic carbocycles. The fourth-order valence-electron chi connectivity index (χ4n) is 3.48. The number of piperidine rings is 1. The molecule has 1 saturated heterocycles. The van der Waals surface area contributed by atoms with Crippen LogP contribution in [0.1, 0.15) is 31.2 Å². The third-order valence-corrected chi connectivity index (χ3v) is 5.02. The molecule has 2 amide bonds.